The van der Waals surface area contributed by atoms with E-state index in [9.17, 15) is 4.79 Å². The van der Waals surface area contributed by atoms with Gasteiger partial charge in [-0.3, -0.25) is 0 Å². The molecule has 1 aromatic rings. The molecule has 104 valence electrons. The minimum atomic E-state index is -0.645. The molecule has 1 unspecified atom stereocenters. The first-order chi connectivity index (χ1) is 9.03. The fourth-order valence-corrected chi connectivity index (χ4v) is 2.80. The highest BCUT2D eigenvalue weighted by Gasteiger charge is 2.38. The van der Waals surface area contributed by atoms with Gasteiger partial charge in [0.2, 0.25) is 0 Å². The Morgan fingerprint density at radius 1 is 1.42 bits per heavy atom. The molecule has 1 atom stereocenters. The second kappa shape index (κ2) is 5.95. The number of esters is 1. The molecule has 4 heteroatoms. The number of anilines is 1. The van der Waals surface area contributed by atoms with Crippen LogP contribution < -0.4 is 5.32 Å². The number of benzene rings is 1. The molecule has 0 radical (unpaired) electrons. The average Bonchev–Trinajstić information content (AvgIpc) is 2.36. The van der Waals surface area contributed by atoms with Crippen molar-refractivity contribution in [2.45, 2.75) is 38.1 Å². The fraction of sp³-hybridized carbons (Fsp3) is 0.533. The number of methoxy groups -OCH3 is 1. The third kappa shape index (κ3) is 3.50. The van der Waals surface area contributed by atoms with Crippen LogP contribution in [0.2, 0.25) is 0 Å². The lowest BCUT2D eigenvalue weighted by atomic mass is 9.76. The Hall–Kier alpha value is -1.03. The second-order valence-corrected chi connectivity index (χ2v) is 6.37. The van der Waals surface area contributed by atoms with Crippen LogP contribution in [0.25, 0.3) is 0 Å². The van der Waals surface area contributed by atoms with E-state index < -0.39 is 5.54 Å². The summed E-state index contributed by atoms with van der Waals surface area (Å²) in [5.74, 6) is 0.439. The van der Waals surface area contributed by atoms with Gasteiger partial charge in [-0.25, -0.2) is 4.79 Å². The Morgan fingerprint density at radius 2 is 2.05 bits per heavy atom. The molecule has 1 fully saturated rings. The molecule has 1 aliphatic rings. The first kappa shape index (κ1) is 14.4. The van der Waals surface area contributed by atoms with Crippen molar-refractivity contribution in [1.29, 1.82) is 0 Å². The number of rotatable bonds is 5. The third-order valence-electron chi connectivity index (χ3n) is 3.82. The van der Waals surface area contributed by atoms with E-state index in [1.165, 1.54) is 26.4 Å². The molecule has 1 aliphatic carbocycles. The van der Waals surface area contributed by atoms with Crippen molar-refractivity contribution < 1.29 is 9.53 Å². The lowest BCUT2D eigenvalue weighted by Gasteiger charge is -2.36. The zero-order valence-corrected chi connectivity index (χ0v) is 13.0. The van der Waals surface area contributed by atoms with Gasteiger partial charge in [0.05, 0.1) is 7.11 Å². The molecular formula is C15H20BrNO2. The molecular weight excluding hydrogens is 306 g/mol. The monoisotopic (exact) mass is 325 g/mol. The van der Waals surface area contributed by atoms with E-state index in [4.69, 9.17) is 4.74 Å². The molecule has 0 aliphatic heterocycles. The number of halogens is 1. The smallest absolute Gasteiger partial charge is 0.331 e. The van der Waals surface area contributed by atoms with Gasteiger partial charge in [0.1, 0.15) is 5.54 Å². The quantitative estimate of drug-likeness (QED) is 0.832. The van der Waals surface area contributed by atoms with Gasteiger partial charge >= 0.3 is 5.97 Å². The molecule has 1 saturated carbocycles. The molecule has 2 rings (SSSR count). The van der Waals surface area contributed by atoms with Crippen molar-refractivity contribution in [3.63, 3.8) is 0 Å². The number of hydrogen-bond acceptors (Lipinski definition) is 3. The summed E-state index contributed by atoms with van der Waals surface area (Å²) in [5, 5.41) is 3.34. The van der Waals surface area contributed by atoms with Gasteiger partial charge in [0, 0.05) is 10.2 Å². The Kier molecular flexibility index (Phi) is 4.50. The van der Waals surface area contributed by atoms with E-state index in [0.29, 0.717) is 5.92 Å². The fourth-order valence-electron chi connectivity index (χ4n) is 2.54. The largest absolute Gasteiger partial charge is 0.467 e. The summed E-state index contributed by atoms with van der Waals surface area (Å²) in [5.41, 5.74) is 0.295. The first-order valence-electron chi connectivity index (χ1n) is 6.66. The predicted molar refractivity (Wildman–Crippen MR) is 80.1 cm³/mol. The first-order valence-corrected chi connectivity index (χ1v) is 7.45. The van der Waals surface area contributed by atoms with Gasteiger partial charge in [-0.05, 0) is 43.5 Å². The van der Waals surface area contributed by atoms with E-state index in [1.807, 2.05) is 31.2 Å². The van der Waals surface area contributed by atoms with Gasteiger partial charge in [-0.2, -0.15) is 0 Å². The topological polar surface area (TPSA) is 38.3 Å². The van der Waals surface area contributed by atoms with Crippen molar-refractivity contribution in [3.8, 4) is 0 Å². The normalized spacial score (nSPS) is 18.3. The summed E-state index contributed by atoms with van der Waals surface area (Å²) in [7, 11) is 1.45. The number of carbonyl (C=O) groups excluding carboxylic acids is 1. The van der Waals surface area contributed by atoms with Crippen molar-refractivity contribution in [2.75, 3.05) is 12.4 Å². The molecule has 0 aromatic heterocycles. The second-order valence-electron chi connectivity index (χ2n) is 5.46. The van der Waals surface area contributed by atoms with E-state index in [-0.39, 0.29) is 5.97 Å². The number of nitrogens with one attached hydrogen (secondary N) is 1. The Labute approximate surface area is 122 Å². The van der Waals surface area contributed by atoms with Crippen molar-refractivity contribution in [3.05, 3.63) is 28.7 Å². The Bertz CT molecular complexity index is 442. The van der Waals surface area contributed by atoms with Crippen LogP contribution in [-0.2, 0) is 9.53 Å². The van der Waals surface area contributed by atoms with Gasteiger partial charge < -0.3 is 10.1 Å². The van der Waals surface area contributed by atoms with Crippen LogP contribution in [0.15, 0.2) is 28.7 Å². The molecule has 0 heterocycles. The van der Waals surface area contributed by atoms with Crippen LogP contribution in [0.5, 0.6) is 0 Å². The predicted octanol–water partition coefficient (Wildman–Crippen LogP) is 3.98. The van der Waals surface area contributed by atoms with E-state index >= 15 is 0 Å². The molecule has 1 N–H and O–H groups in total. The van der Waals surface area contributed by atoms with Crippen LogP contribution >= 0.6 is 15.9 Å². The van der Waals surface area contributed by atoms with Crippen molar-refractivity contribution in [2.24, 2.45) is 5.92 Å². The molecule has 0 bridgehead atoms. The minimum absolute atomic E-state index is 0.192. The van der Waals surface area contributed by atoms with Gasteiger partial charge in [-0.15, -0.1) is 0 Å². The highest BCUT2D eigenvalue weighted by molar-refractivity contribution is 9.10. The average molecular weight is 326 g/mol. The standard InChI is InChI=1S/C15H20BrNO2/c1-15(14(18)19-2,10-11-4-3-5-11)17-13-8-6-12(16)7-9-13/h6-9,11,17H,3-5,10H2,1-2H3. The van der Waals surface area contributed by atoms with Crippen molar-refractivity contribution >= 4 is 27.6 Å². The van der Waals surface area contributed by atoms with Gasteiger partial charge in [0.25, 0.3) is 0 Å². The Morgan fingerprint density at radius 3 is 2.53 bits per heavy atom. The van der Waals surface area contributed by atoms with E-state index in [0.717, 1.165) is 16.6 Å². The Balaban J connectivity index is 2.12. The summed E-state index contributed by atoms with van der Waals surface area (Å²) in [6.07, 6.45) is 4.54. The molecule has 0 amide bonds. The summed E-state index contributed by atoms with van der Waals surface area (Å²) in [6, 6.07) is 7.85. The zero-order chi connectivity index (χ0) is 13.9. The summed E-state index contributed by atoms with van der Waals surface area (Å²) < 4.78 is 5.99. The number of carbonyl (C=O) groups is 1. The van der Waals surface area contributed by atoms with E-state index in [2.05, 4.69) is 21.2 Å². The van der Waals surface area contributed by atoms with E-state index in [1.54, 1.807) is 0 Å². The molecule has 3 nitrogen and oxygen atoms in total. The minimum Gasteiger partial charge on any atom is -0.467 e. The van der Waals surface area contributed by atoms with Crippen LogP contribution in [0.3, 0.4) is 0 Å². The highest BCUT2D eigenvalue weighted by atomic mass is 79.9. The maximum Gasteiger partial charge on any atom is 0.331 e. The molecule has 19 heavy (non-hydrogen) atoms. The number of ether oxygens (including phenoxy) is 1. The van der Waals surface area contributed by atoms with Gasteiger partial charge in [0.15, 0.2) is 0 Å². The molecule has 0 saturated heterocycles. The molecule has 0 spiro atoms. The number of hydrogen-bond donors (Lipinski definition) is 1. The third-order valence-corrected chi connectivity index (χ3v) is 4.35. The van der Waals surface area contributed by atoms with Crippen molar-refractivity contribution in [1.82, 2.24) is 0 Å². The summed E-state index contributed by atoms with van der Waals surface area (Å²) in [4.78, 5) is 12.1. The van der Waals surface area contributed by atoms with Crippen LogP contribution in [0.4, 0.5) is 5.69 Å². The maximum atomic E-state index is 12.1. The zero-order valence-electron chi connectivity index (χ0n) is 11.4. The summed E-state index contributed by atoms with van der Waals surface area (Å²) in [6.45, 7) is 1.93. The SMILES string of the molecule is COC(=O)C(C)(CC1CCC1)Nc1ccc(Br)cc1. The summed E-state index contributed by atoms with van der Waals surface area (Å²) >= 11 is 3.41. The van der Waals surface area contributed by atoms with Crippen LogP contribution in [-0.4, -0.2) is 18.6 Å². The maximum absolute atomic E-state index is 12.1. The highest BCUT2D eigenvalue weighted by Crippen LogP contribution is 2.35. The molecule has 1 aromatic carbocycles. The van der Waals surface area contributed by atoms with Crippen LogP contribution in [0.1, 0.15) is 32.6 Å². The lowest BCUT2D eigenvalue weighted by Crippen LogP contribution is -2.46. The van der Waals surface area contributed by atoms with Crippen LogP contribution in [0, 0.1) is 5.92 Å². The van der Waals surface area contributed by atoms with Gasteiger partial charge in [-0.1, -0.05) is 35.2 Å². The lowest BCUT2D eigenvalue weighted by molar-refractivity contribution is -0.146.